The first-order valence-corrected chi connectivity index (χ1v) is 6.40. The zero-order valence-corrected chi connectivity index (χ0v) is 11.0. The van der Waals surface area contributed by atoms with Crippen molar-refractivity contribution in [2.75, 3.05) is 0 Å². The van der Waals surface area contributed by atoms with Crippen LogP contribution in [-0.2, 0) is 19.4 Å². The van der Waals surface area contributed by atoms with E-state index in [1.807, 2.05) is 0 Å². The summed E-state index contributed by atoms with van der Waals surface area (Å²) in [5.74, 6) is 0.500. The minimum atomic E-state index is 0.194. The lowest BCUT2D eigenvalue weighted by Gasteiger charge is -2.04. The molecule has 1 aromatic rings. The van der Waals surface area contributed by atoms with Crippen molar-refractivity contribution in [3.8, 4) is 0 Å². The predicted octanol–water partition coefficient (Wildman–Crippen LogP) is 2.74. The molecule has 3 nitrogen and oxygen atoms in total. The van der Waals surface area contributed by atoms with Gasteiger partial charge in [0.2, 0.25) is 0 Å². The summed E-state index contributed by atoms with van der Waals surface area (Å²) in [5, 5.41) is 3.24. The molecule has 0 bridgehead atoms. The third-order valence-electron chi connectivity index (χ3n) is 2.82. The Balaban J connectivity index is 2.96. The largest absolute Gasteiger partial charge is 0.299 e. The molecule has 0 fully saturated rings. The molecule has 0 amide bonds. The van der Waals surface area contributed by atoms with Crippen LogP contribution in [0.5, 0.6) is 0 Å². The number of hydrogen-bond acceptors (Lipinski definition) is 1. The van der Waals surface area contributed by atoms with E-state index in [9.17, 15) is 4.79 Å². The molecule has 0 aliphatic heterocycles. The van der Waals surface area contributed by atoms with Gasteiger partial charge < -0.3 is 0 Å². The standard InChI is InChI=1S/C13H24N2O/c1-5-7-8-11-12(6-2)14-15(13(11)16)9-10(3)4/h10,14H,5-9H2,1-4H3. The summed E-state index contributed by atoms with van der Waals surface area (Å²) in [6.07, 6.45) is 4.07. The van der Waals surface area contributed by atoms with E-state index >= 15 is 0 Å². The van der Waals surface area contributed by atoms with Gasteiger partial charge in [-0.05, 0) is 25.2 Å². The number of H-pyrrole nitrogens is 1. The highest BCUT2D eigenvalue weighted by atomic mass is 16.1. The van der Waals surface area contributed by atoms with Crippen LogP contribution in [0.25, 0.3) is 0 Å². The number of nitrogens with zero attached hydrogens (tertiary/aromatic N) is 1. The van der Waals surface area contributed by atoms with Crippen LogP contribution in [0, 0.1) is 5.92 Å². The van der Waals surface area contributed by atoms with Crippen molar-refractivity contribution in [1.29, 1.82) is 0 Å². The molecule has 1 N–H and O–H groups in total. The predicted molar refractivity (Wildman–Crippen MR) is 67.9 cm³/mol. The average molecular weight is 224 g/mol. The molecule has 0 aliphatic carbocycles. The number of aryl methyl sites for hydroxylation is 1. The first-order chi connectivity index (χ1) is 7.60. The second-order valence-corrected chi connectivity index (χ2v) is 4.84. The topological polar surface area (TPSA) is 37.8 Å². The smallest absolute Gasteiger partial charge is 0.269 e. The minimum absolute atomic E-state index is 0.194. The lowest BCUT2D eigenvalue weighted by molar-refractivity contribution is 0.469. The Kier molecular flexibility index (Phi) is 4.84. The number of aromatic nitrogens is 2. The Morgan fingerprint density at radius 1 is 1.31 bits per heavy atom. The highest BCUT2D eigenvalue weighted by molar-refractivity contribution is 5.17. The number of nitrogens with one attached hydrogen (secondary N) is 1. The Labute approximate surface area is 97.8 Å². The van der Waals surface area contributed by atoms with E-state index < -0.39 is 0 Å². The van der Waals surface area contributed by atoms with Gasteiger partial charge in [0.15, 0.2) is 0 Å². The summed E-state index contributed by atoms with van der Waals surface area (Å²) in [4.78, 5) is 12.1. The molecule has 0 radical (unpaired) electrons. The molecule has 92 valence electrons. The van der Waals surface area contributed by atoms with Crippen LogP contribution in [0.3, 0.4) is 0 Å². The van der Waals surface area contributed by atoms with Crippen molar-refractivity contribution in [2.45, 2.75) is 59.9 Å². The monoisotopic (exact) mass is 224 g/mol. The fourth-order valence-electron chi connectivity index (χ4n) is 1.97. The summed E-state index contributed by atoms with van der Waals surface area (Å²) < 4.78 is 1.77. The van der Waals surface area contributed by atoms with E-state index in [0.717, 1.165) is 43.5 Å². The molecule has 0 saturated carbocycles. The highest BCUT2D eigenvalue weighted by Gasteiger charge is 2.12. The van der Waals surface area contributed by atoms with Crippen LogP contribution in [0.2, 0.25) is 0 Å². The van der Waals surface area contributed by atoms with E-state index in [2.05, 4.69) is 32.8 Å². The Hall–Kier alpha value is -0.990. The fraction of sp³-hybridized carbons (Fsp3) is 0.769. The van der Waals surface area contributed by atoms with Gasteiger partial charge in [0.1, 0.15) is 0 Å². The van der Waals surface area contributed by atoms with E-state index in [-0.39, 0.29) is 5.56 Å². The maximum absolute atomic E-state index is 12.1. The maximum atomic E-state index is 12.1. The number of aromatic amines is 1. The zero-order valence-electron chi connectivity index (χ0n) is 11.0. The third-order valence-corrected chi connectivity index (χ3v) is 2.82. The summed E-state index contributed by atoms with van der Waals surface area (Å²) in [6, 6.07) is 0. The van der Waals surface area contributed by atoms with Gasteiger partial charge in [-0.1, -0.05) is 34.1 Å². The van der Waals surface area contributed by atoms with Crippen molar-refractivity contribution >= 4 is 0 Å². The Morgan fingerprint density at radius 3 is 2.50 bits per heavy atom. The van der Waals surface area contributed by atoms with E-state index in [0.29, 0.717) is 5.92 Å². The Bertz CT molecular complexity index is 374. The van der Waals surface area contributed by atoms with Gasteiger partial charge in [-0.15, -0.1) is 0 Å². The summed E-state index contributed by atoms with van der Waals surface area (Å²) in [7, 11) is 0. The first kappa shape index (κ1) is 13.1. The first-order valence-electron chi connectivity index (χ1n) is 6.40. The molecule has 0 atom stereocenters. The van der Waals surface area contributed by atoms with Crippen LogP contribution in [0.4, 0.5) is 0 Å². The van der Waals surface area contributed by atoms with E-state index in [4.69, 9.17) is 0 Å². The molecule has 0 aliphatic rings. The van der Waals surface area contributed by atoms with Crippen molar-refractivity contribution in [3.63, 3.8) is 0 Å². The van der Waals surface area contributed by atoms with Crippen molar-refractivity contribution < 1.29 is 0 Å². The second-order valence-electron chi connectivity index (χ2n) is 4.84. The molecule has 0 aromatic carbocycles. The fourth-order valence-corrected chi connectivity index (χ4v) is 1.97. The molecule has 16 heavy (non-hydrogen) atoms. The van der Waals surface area contributed by atoms with Gasteiger partial charge >= 0.3 is 0 Å². The number of hydrogen-bond donors (Lipinski definition) is 1. The highest BCUT2D eigenvalue weighted by Crippen LogP contribution is 2.08. The molecular formula is C13H24N2O. The van der Waals surface area contributed by atoms with Gasteiger partial charge in [0.05, 0.1) is 0 Å². The molecule has 1 aromatic heterocycles. The third kappa shape index (κ3) is 3.00. The number of unbranched alkanes of at least 4 members (excludes halogenated alkanes) is 1. The van der Waals surface area contributed by atoms with Gasteiger partial charge in [-0.3, -0.25) is 14.6 Å². The molecule has 0 spiro atoms. The summed E-state index contributed by atoms with van der Waals surface area (Å²) in [6.45, 7) is 9.30. The molecular weight excluding hydrogens is 200 g/mol. The average Bonchev–Trinajstić information content (AvgIpc) is 2.52. The van der Waals surface area contributed by atoms with Crippen molar-refractivity contribution in [1.82, 2.24) is 9.78 Å². The van der Waals surface area contributed by atoms with Crippen LogP contribution in [0.15, 0.2) is 4.79 Å². The lowest BCUT2D eigenvalue weighted by Crippen LogP contribution is -2.21. The minimum Gasteiger partial charge on any atom is -0.299 e. The molecule has 1 heterocycles. The van der Waals surface area contributed by atoms with Gasteiger partial charge in [0.25, 0.3) is 5.56 Å². The van der Waals surface area contributed by atoms with E-state index in [1.165, 1.54) is 0 Å². The normalized spacial score (nSPS) is 11.3. The lowest BCUT2D eigenvalue weighted by atomic mass is 10.1. The number of rotatable bonds is 6. The quantitative estimate of drug-likeness (QED) is 0.792. The van der Waals surface area contributed by atoms with Crippen LogP contribution in [0.1, 0.15) is 51.8 Å². The van der Waals surface area contributed by atoms with Gasteiger partial charge in [0, 0.05) is 17.8 Å². The summed E-state index contributed by atoms with van der Waals surface area (Å²) in [5.41, 5.74) is 2.32. The van der Waals surface area contributed by atoms with E-state index in [1.54, 1.807) is 4.68 Å². The second kappa shape index (κ2) is 5.92. The Morgan fingerprint density at radius 2 is 2.00 bits per heavy atom. The van der Waals surface area contributed by atoms with Crippen molar-refractivity contribution in [3.05, 3.63) is 21.6 Å². The van der Waals surface area contributed by atoms with Gasteiger partial charge in [-0.2, -0.15) is 0 Å². The molecule has 1 rings (SSSR count). The van der Waals surface area contributed by atoms with Crippen LogP contribution in [-0.4, -0.2) is 9.78 Å². The molecule has 0 unspecified atom stereocenters. The van der Waals surface area contributed by atoms with Crippen LogP contribution >= 0.6 is 0 Å². The molecule has 3 heteroatoms. The summed E-state index contributed by atoms with van der Waals surface area (Å²) >= 11 is 0. The maximum Gasteiger partial charge on any atom is 0.269 e. The SMILES string of the molecule is CCCCc1c(CC)[nH]n(CC(C)C)c1=O. The van der Waals surface area contributed by atoms with Crippen LogP contribution < -0.4 is 5.56 Å². The van der Waals surface area contributed by atoms with Gasteiger partial charge in [-0.25, -0.2) is 0 Å². The van der Waals surface area contributed by atoms with Crippen molar-refractivity contribution in [2.24, 2.45) is 5.92 Å². The molecule has 0 saturated heterocycles. The zero-order chi connectivity index (χ0) is 12.1.